The molecule has 6 heteroatoms. The molecular weight excluding hydrogens is 195 g/mol. The normalized spacial score (nSPS) is 15.5. The minimum Gasteiger partial charge on any atom is -0.444 e. The Bertz CT molecular complexity index is 206. The second kappa shape index (κ2) is 5.97. The van der Waals surface area contributed by atoms with E-state index < -0.39 is 17.8 Å². The van der Waals surface area contributed by atoms with Crippen LogP contribution in [0.3, 0.4) is 0 Å². The number of carbonyl (C=O) groups excluding carboxylic acids is 1. The van der Waals surface area contributed by atoms with Crippen molar-refractivity contribution >= 4 is 14.1 Å². The van der Waals surface area contributed by atoms with Gasteiger partial charge < -0.3 is 20.4 Å². The van der Waals surface area contributed by atoms with Gasteiger partial charge in [0.15, 0.2) is 7.98 Å². The van der Waals surface area contributed by atoms with Gasteiger partial charge in [-0.1, -0.05) is 0 Å². The van der Waals surface area contributed by atoms with Crippen molar-refractivity contribution in [2.24, 2.45) is 0 Å². The number of aliphatic hydroxyl groups excluding tert-OH is 1. The fourth-order valence-electron chi connectivity index (χ4n) is 0.871. The highest BCUT2D eigenvalue weighted by molar-refractivity contribution is 6.04. The van der Waals surface area contributed by atoms with Gasteiger partial charge in [0.05, 0.1) is 6.10 Å². The van der Waals surface area contributed by atoms with E-state index in [0.717, 1.165) is 0 Å². The molecule has 2 atom stereocenters. The fourth-order valence-corrected chi connectivity index (χ4v) is 0.871. The van der Waals surface area contributed by atoms with Gasteiger partial charge in [-0.15, -0.1) is 0 Å². The maximum atomic E-state index is 11.2. The molecule has 0 aromatic rings. The molecule has 5 nitrogen and oxygen atoms in total. The lowest BCUT2D eigenvalue weighted by atomic mass is 10.1. The predicted molar refractivity (Wildman–Crippen MR) is 61.4 cm³/mol. The lowest BCUT2D eigenvalue weighted by Gasteiger charge is -2.22. The van der Waals surface area contributed by atoms with E-state index in [4.69, 9.17) is 4.74 Å². The van der Waals surface area contributed by atoms with Gasteiger partial charge in [-0.25, -0.2) is 4.79 Å². The quantitative estimate of drug-likeness (QED) is 0.549. The van der Waals surface area contributed by atoms with E-state index in [1.54, 1.807) is 28.8 Å². The van der Waals surface area contributed by atoms with Crippen LogP contribution in [0.2, 0.25) is 0 Å². The Labute approximate surface area is 92.0 Å². The van der Waals surface area contributed by atoms with Crippen molar-refractivity contribution in [3.63, 3.8) is 0 Å². The Kier molecular flexibility index (Phi) is 5.68. The Morgan fingerprint density at radius 1 is 1.53 bits per heavy atom. The second-order valence-corrected chi connectivity index (χ2v) is 4.53. The van der Waals surface area contributed by atoms with E-state index in [1.807, 2.05) is 6.92 Å². The lowest BCUT2D eigenvalue weighted by Crippen LogP contribution is -2.44. The van der Waals surface area contributed by atoms with Gasteiger partial charge in [-0.05, 0) is 27.7 Å². The van der Waals surface area contributed by atoms with Crippen LogP contribution in [0.25, 0.3) is 0 Å². The van der Waals surface area contributed by atoms with E-state index in [0.29, 0.717) is 0 Å². The molecule has 0 spiro atoms. The number of alkyl carbamates (subject to hydrolysis) is 1. The molecule has 15 heavy (non-hydrogen) atoms. The molecule has 1 amide bonds. The van der Waals surface area contributed by atoms with E-state index in [9.17, 15) is 9.90 Å². The van der Waals surface area contributed by atoms with Crippen LogP contribution in [-0.2, 0) is 4.74 Å². The Morgan fingerprint density at radius 2 is 2.07 bits per heavy atom. The highest BCUT2D eigenvalue weighted by Crippen LogP contribution is 2.06. The van der Waals surface area contributed by atoms with Gasteiger partial charge in [0.25, 0.3) is 0 Å². The van der Waals surface area contributed by atoms with Crippen molar-refractivity contribution in [1.29, 1.82) is 0 Å². The number of hydrogen-bond acceptors (Lipinski definition) is 4. The Hall–Kier alpha value is -0.745. The first kappa shape index (κ1) is 14.3. The van der Waals surface area contributed by atoms with Gasteiger partial charge in [0.2, 0.25) is 0 Å². The highest BCUT2D eigenvalue weighted by Gasteiger charge is 2.18. The summed E-state index contributed by atoms with van der Waals surface area (Å²) < 4.78 is 5.02. The summed E-state index contributed by atoms with van der Waals surface area (Å²) in [5, 5.41) is 14.9. The summed E-state index contributed by atoms with van der Waals surface area (Å²) >= 11 is 0. The maximum absolute atomic E-state index is 11.2. The van der Waals surface area contributed by atoms with Gasteiger partial charge in [0.1, 0.15) is 5.60 Å². The standard InChI is InChI=1S/C9H21BN2O3/c1-6(12-10)7(13)5-11-8(14)15-9(2,3)4/h6-7,12-13H,5,10H2,1-4H3,(H,11,14)/t6?,7-/m1/s1. The van der Waals surface area contributed by atoms with Gasteiger partial charge in [-0.2, -0.15) is 0 Å². The second-order valence-electron chi connectivity index (χ2n) is 4.53. The van der Waals surface area contributed by atoms with Crippen molar-refractivity contribution < 1.29 is 14.6 Å². The molecule has 0 rings (SSSR count). The summed E-state index contributed by atoms with van der Waals surface area (Å²) in [4.78, 5) is 11.2. The van der Waals surface area contributed by atoms with Crippen molar-refractivity contribution in [2.75, 3.05) is 6.54 Å². The third-order valence-electron chi connectivity index (χ3n) is 1.89. The summed E-state index contributed by atoms with van der Waals surface area (Å²) in [5.41, 5.74) is -0.510. The van der Waals surface area contributed by atoms with E-state index in [2.05, 4.69) is 10.5 Å². The minimum absolute atomic E-state index is 0.0695. The van der Waals surface area contributed by atoms with Crippen LogP contribution in [-0.4, -0.2) is 43.5 Å². The number of aliphatic hydroxyl groups is 1. The molecule has 88 valence electrons. The molecule has 0 heterocycles. The van der Waals surface area contributed by atoms with Crippen LogP contribution >= 0.6 is 0 Å². The van der Waals surface area contributed by atoms with Crippen molar-refractivity contribution in [3.8, 4) is 0 Å². The molecule has 0 aromatic carbocycles. The average molecular weight is 216 g/mol. The van der Waals surface area contributed by atoms with Gasteiger partial charge in [-0.3, -0.25) is 0 Å². The smallest absolute Gasteiger partial charge is 0.407 e. The summed E-state index contributed by atoms with van der Waals surface area (Å²) in [7, 11) is 1.75. The van der Waals surface area contributed by atoms with Crippen molar-refractivity contribution in [3.05, 3.63) is 0 Å². The van der Waals surface area contributed by atoms with Crippen LogP contribution in [0.15, 0.2) is 0 Å². The number of nitrogens with one attached hydrogen (secondary N) is 2. The topological polar surface area (TPSA) is 70.6 Å². The van der Waals surface area contributed by atoms with Crippen LogP contribution in [0.1, 0.15) is 27.7 Å². The lowest BCUT2D eigenvalue weighted by molar-refractivity contribution is 0.0481. The summed E-state index contributed by atoms with van der Waals surface area (Å²) in [6, 6.07) is -0.0695. The maximum Gasteiger partial charge on any atom is 0.407 e. The first-order chi connectivity index (χ1) is 6.76. The highest BCUT2D eigenvalue weighted by atomic mass is 16.6. The zero-order valence-corrected chi connectivity index (χ0v) is 10.1. The van der Waals surface area contributed by atoms with Crippen LogP contribution in [0.4, 0.5) is 4.79 Å². The molecule has 0 aliphatic rings. The predicted octanol–water partition coefficient (Wildman–Crippen LogP) is -0.602. The number of carbonyl (C=O) groups is 1. The number of amides is 1. The molecule has 3 N–H and O–H groups in total. The molecule has 0 saturated carbocycles. The van der Waals surface area contributed by atoms with Gasteiger partial charge >= 0.3 is 6.09 Å². The number of rotatable bonds is 4. The zero-order chi connectivity index (χ0) is 12.1. The minimum atomic E-state index is -0.623. The molecular formula is C9H21BN2O3. The third kappa shape index (κ3) is 7.22. The zero-order valence-electron chi connectivity index (χ0n) is 10.1. The molecule has 0 aromatic heterocycles. The third-order valence-corrected chi connectivity index (χ3v) is 1.89. The van der Waals surface area contributed by atoms with Crippen LogP contribution in [0.5, 0.6) is 0 Å². The summed E-state index contributed by atoms with van der Waals surface area (Å²) in [6.07, 6.45) is -1.13. The summed E-state index contributed by atoms with van der Waals surface area (Å²) in [6.45, 7) is 7.38. The Balaban J connectivity index is 3.81. The Morgan fingerprint density at radius 3 is 2.47 bits per heavy atom. The van der Waals surface area contributed by atoms with Crippen LogP contribution < -0.4 is 10.5 Å². The number of hydrogen-bond donors (Lipinski definition) is 3. The monoisotopic (exact) mass is 216 g/mol. The number of ether oxygens (including phenoxy) is 1. The summed E-state index contributed by atoms with van der Waals surface area (Å²) in [5.74, 6) is 0. The SMILES string of the molecule is BNC(C)[C@H](O)CNC(=O)OC(C)(C)C. The molecule has 0 fully saturated rings. The first-order valence-electron chi connectivity index (χ1n) is 5.08. The average Bonchev–Trinajstić information content (AvgIpc) is 2.10. The van der Waals surface area contributed by atoms with E-state index in [-0.39, 0.29) is 12.6 Å². The largest absolute Gasteiger partial charge is 0.444 e. The fraction of sp³-hybridized carbons (Fsp3) is 0.889. The van der Waals surface area contributed by atoms with Gasteiger partial charge in [0, 0.05) is 12.6 Å². The molecule has 0 radical (unpaired) electrons. The molecule has 0 aliphatic heterocycles. The van der Waals surface area contributed by atoms with E-state index in [1.165, 1.54) is 0 Å². The van der Waals surface area contributed by atoms with E-state index >= 15 is 0 Å². The molecule has 0 bridgehead atoms. The molecule has 0 aliphatic carbocycles. The molecule has 1 unspecified atom stereocenters. The molecule has 0 saturated heterocycles. The van der Waals surface area contributed by atoms with Crippen molar-refractivity contribution in [2.45, 2.75) is 45.4 Å². The van der Waals surface area contributed by atoms with Crippen molar-refractivity contribution in [1.82, 2.24) is 10.5 Å². The first-order valence-corrected chi connectivity index (χ1v) is 5.08. The van der Waals surface area contributed by atoms with Crippen LogP contribution in [0, 0.1) is 0 Å².